The molecule has 5 heteroatoms. The molecule has 0 fully saturated rings. The summed E-state index contributed by atoms with van der Waals surface area (Å²) in [5, 5.41) is 0.691. The number of ether oxygens (including phenoxy) is 2. The van der Waals surface area contributed by atoms with Gasteiger partial charge in [0.2, 0.25) is 5.23 Å². The molecular weight excluding hydrogens is 202 g/mol. The van der Waals surface area contributed by atoms with E-state index < -0.39 is 0 Å². The first-order valence-corrected chi connectivity index (χ1v) is 5.31. The van der Waals surface area contributed by atoms with Gasteiger partial charge in [-0.1, -0.05) is 18.3 Å². The standard InChI is InChI=1S/C9H13NO3S/c1-7(2)8(11)12-4-5-13-9-10-3-6-14-9/h1,3-6H2,2H3. The van der Waals surface area contributed by atoms with E-state index >= 15 is 0 Å². The highest BCUT2D eigenvalue weighted by Gasteiger charge is 2.08. The van der Waals surface area contributed by atoms with Crippen LogP contribution < -0.4 is 0 Å². The highest BCUT2D eigenvalue weighted by molar-refractivity contribution is 8.13. The van der Waals surface area contributed by atoms with Gasteiger partial charge in [0, 0.05) is 11.3 Å². The summed E-state index contributed by atoms with van der Waals surface area (Å²) in [6, 6.07) is 0. The highest BCUT2D eigenvalue weighted by Crippen LogP contribution is 2.11. The maximum atomic E-state index is 10.9. The quantitative estimate of drug-likeness (QED) is 0.402. The second-order valence-electron chi connectivity index (χ2n) is 2.76. The number of carbonyl (C=O) groups is 1. The van der Waals surface area contributed by atoms with Crippen molar-refractivity contribution in [2.75, 3.05) is 25.5 Å². The fourth-order valence-electron chi connectivity index (χ4n) is 0.789. The van der Waals surface area contributed by atoms with Gasteiger partial charge in [-0.15, -0.1) is 0 Å². The molecule has 0 unspecified atom stereocenters. The van der Waals surface area contributed by atoms with Gasteiger partial charge in [0.05, 0.1) is 6.54 Å². The van der Waals surface area contributed by atoms with Crippen molar-refractivity contribution in [1.82, 2.24) is 0 Å². The molecule has 1 heterocycles. The lowest BCUT2D eigenvalue weighted by Gasteiger charge is -2.05. The first-order valence-electron chi connectivity index (χ1n) is 4.33. The van der Waals surface area contributed by atoms with E-state index in [2.05, 4.69) is 11.6 Å². The molecule has 0 aliphatic carbocycles. The molecule has 0 aromatic heterocycles. The van der Waals surface area contributed by atoms with E-state index in [1.807, 2.05) is 0 Å². The Hall–Kier alpha value is -0.970. The fourth-order valence-corrected chi connectivity index (χ4v) is 1.50. The molecule has 1 rings (SSSR count). The van der Waals surface area contributed by atoms with Crippen LogP contribution in [-0.4, -0.2) is 36.7 Å². The van der Waals surface area contributed by atoms with Crippen molar-refractivity contribution in [3.63, 3.8) is 0 Å². The van der Waals surface area contributed by atoms with Gasteiger partial charge >= 0.3 is 5.97 Å². The zero-order valence-corrected chi connectivity index (χ0v) is 8.93. The lowest BCUT2D eigenvalue weighted by atomic mass is 10.4. The molecule has 0 aromatic rings. The average molecular weight is 215 g/mol. The molecule has 0 amide bonds. The van der Waals surface area contributed by atoms with Crippen LogP contribution in [0.4, 0.5) is 0 Å². The van der Waals surface area contributed by atoms with Crippen molar-refractivity contribution in [2.45, 2.75) is 6.92 Å². The van der Waals surface area contributed by atoms with E-state index in [0.717, 1.165) is 12.3 Å². The van der Waals surface area contributed by atoms with E-state index in [1.165, 1.54) is 0 Å². The summed E-state index contributed by atoms with van der Waals surface area (Å²) in [5.41, 5.74) is 0.401. The Morgan fingerprint density at radius 1 is 1.64 bits per heavy atom. The third-order valence-electron chi connectivity index (χ3n) is 1.45. The number of nitrogens with zero attached hydrogens (tertiary/aromatic N) is 1. The molecule has 0 saturated heterocycles. The number of thioether (sulfide) groups is 1. The Kier molecular flexibility index (Phi) is 4.52. The van der Waals surface area contributed by atoms with Crippen LogP contribution in [0.2, 0.25) is 0 Å². The van der Waals surface area contributed by atoms with Crippen LogP contribution >= 0.6 is 11.8 Å². The lowest BCUT2D eigenvalue weighted by Crippen LogP contribution is -2.12. The molecule has 1 aliphatic rings. The monoisotopic (exact) mass is 215 g/mol. The van der Waals surface area contributed by atoms with Crippen LogP contribution in [0.3, 0.4) is 0 Å². The summed E-state index contributed by atoms with van der Waals surface area (Å²) in [7, 11) is 0. The Morgan fingerprint density at radius 3 is 3.00 bits per heavy atom. The van der Waals surface area contributed by atoms with E-state index in [0.29, 0.717) is 17.4 Å². The predicted molar refractivity (Wildman–Crippen MR) is 56.5 cm³/mol. The molecule has 4 nitrogen and oxygen atoms in total. The zero-order valence-electron chi connectivity index (χ0n) is 8.12. The zero-order chi connectivity index (χ0) is 10.4. The summed E-state index contributed by atoms with van der Waals surface area (Å²) in [5.74, 6) is 0.593. The van der Waals surface area contributed by atoms with Gasteiger partial charge in [-0.05, 0) is 6.92 Å². The highest BCUT2D eigenvalue weighted by atomic mass is 32.2. The van der Waals surface area contributed by atoms with Crippen LogP contribution in [0, 0.1) is 0 Å². The van der Waals surface area contributed by atoms with E-state index in [-0.39, 0.29) is 12.6 Å². The second kappa shape index (κ2) is 5.70. The number of hydrogen-bond donors (Lipinski definition) is 0. The average Bonchev–Trinajstić information content (AvgIpc) is 2.64. The van der Waals surface area contributed by atoms with E-state index in [9.17, 15) is 4.79 Å². The second-order valence-corrected chi connectivity index (χ2v) is 3.81. The minimum atomic E-state index is -0.380. The van der Waals surface area contributed by atoms with Crippen molar-refractivity contribution >= 4 is 23.0 Å². The van der Waals surface area contributed by atoms with Crippen molar-refractivity contribution in [1.29, 1.82) is 0 Å². The molecule has 0 radical (unpaired) electrons. The van der Waals surface area contributed by atoms with Crippen molar-refractivity contribution in [3.05, 3.63) is 12.2 Å². The summed E-state index contributed by atoms with van der Waals surface area (Å²) in [4.78, 5) is 15.0. The molecule has 78 valence electrons. The summed E-state index contributed by atoms with van der Waals surface area (Å²) in [6.45, 7) is 6.48. The van der Waals surface area contributed by atoms with Gasteiger partial charge in [0.15, 0.2) is 0 Å². The summed E-state index contributed by atoms with van der Waals surface area (Å²) >= 11 is 1.58. The predicted octanol–water partition coefficient (Wildman–Crippen LogP) is 1.23. The molecule has 0 bridgehead atoms. The van der Waals surface area contributed by atoms with Crippen LogP contribution in [0.1, 0.15) is 6.92 Å². The maximum Gasteiger partial charge on any atom is 0.333 e. The third-order valence-corrected chi connectivity index (χ3v) is 2.33. The van der Waals surface area contributed by atoms with Gasteiger partial charge in [-0.2, -0.15) is 0 Å². The number of esters is 1. The maximum absolute atomic E-state index is 10.9. The molecule has 0 atom stereocenters. The minimum Gasteiger partial charge on any atom is -0.469 e. The summed E-state index contributed by atoms with van der Waals surface area (Å²) < 4.78 is 10.1. The number of rotatable bonds is 4. The van der Waals surface area contributed by atoms with E-state index in [4.69, 9.17) is 9.47 Å². The Bertz CT molecular complexity index is 259. The topological polar surface area (TPSA) is 47.9 Å². The van der Waals surface area contributed by atoms with Gasteiger partial charge in [0.1, 0.15) is 13.2 Å². The van der Waals surface area contributed by atoms with Crippen LogP contribution in [0.15, 0.2) is 17.1 Å². The van der Waals surface area contributed by atoms with Crippen molar-refractivity contribution < 1.29 is 14.3 Å². The molecule has 0 aromatic carbocycles. The lowest BCUT2D eigenvalue weighted by molar-refractivity contribution is -0.139. The molecule has 0 N–H and O–H groups in total. The summed E-state index contributed by atoms with van der Waals surface area (Å²) in [6.07, 6.45) is 0. The third kappa shape index (κ3) is 3.83. The SMILES string of the molecule is C=C(C)C(=O)OCCOC1=NCCS1. The van der Waals surface area contributed by atoms with Gasteiger partial charge in [-0.3, -0.25) is 0 Å². The molecule has 14 heavy (non-hydrogen) atoms. The molecule has 0 spiro atoms. The molecule has 0 saturated carbocycles. The van der Waals surface area contributed by atoms with Gasteiger partial charge < -0.3 is 9.47 Å². The Balaban J connectivity index is 2.04. The van der Waals surface area contributed by atoms with Crippen LogP contribution in [0.5, 0.6) is 0 Å². The van der Waals surface area contributed by atoms with Gasteiger partial charge in [-0.25, -0.2) is 9.79 Å². The number of aliphatic imine (C=N–C) groups is 1. The Morgan fingerprint density at radius 2 is 2.43 bits per heavy atom. The number of carbonyl (C=O) groups excluding carboxylic acids is 1. The Labute approximate surface area is 87.4 Å². The van der Waals surface area contributed by atoms with E-state index in [1.54, 1.807) is 18.7 Å². The van der Waals surface area contributed by atoms with Crippen molar-refractivity contribution in [2.24, 2.45) is 4.99 Å². The normalized spacial score (nSPS) is 14.8. The largest absolute Gasteiger partial charge is 0.469 e. The fraction of sp³-hybridized carbons (Fsp3) is 0.556. The molecule has 1 aliphatic heterocycles. The van der Waals surface area contributed by atoms with Crippen LogP contribution in [0.25, 0.3) is 0 Å². The minimum absolute atomic E-state index is 0.241. The van der Waals surface area contributed by atoms with Crippen LogP contribution in [-0.2, 0) is 14.3 Å². The first kappa shape index (κ1) is 11.1. The van der Waals surface area contributed by atoms with Crippen molar-refractivity contribution in [3.8, 4) is 0 Å². The smallest absolute Gasteiger partial charge is 0.333 e. The van der Waals surface area contributed by atoms with Gasteiger partial charge in [0.25, 0.3) is 0 Å². The molecular formula is C9H13NO3S. The number of hydrogen-bond acceptors (Lipinski definition) is 5. The first-order chi connectivity index (χ1) is 6.70.